The molecule has 8 nitrogen and oxygen atoms in total. The molecule has 0 bridgehead atoms. The van der Waals surface area contributed by atoms with Crippen molar-refractivity contribution in [1.82, 2.24) is 20.2 Å². The summed E-state index contributed by atoms with van der Waals surface area (Å²) in [6, 6.07) is 10.5. The molecular formula is C31H36F2N6O2. The number of benzene rings is 1. The minimum atomic E-state index is -0.624. The molecule has 10 heteroatoms. The number of aryl methyl sites for hydroxylation is 1. The van der Waals surface area contributed by atoms with Crippen molar-refractivity contribution in [3.8, 4) is 6.07 Å². The molecule has 2 heterocycles. The molecule has 1 aliphatic rings. The van der Waals surface area contributed by atoms with Gasteiger partial charge in [-0.05, 0) is 70.0 Å². The van der Waals surface area contributed by atoms with Crippen LogP contribution in [0.25, 0.3) is 10.9 Å². The van der Waals surface area contributed by atoms with Crippen LogP contribution in [0.2, 0.25) is 0 Å². The van der Waals surface area contributed by atoms with Crippen molar-refractivity contribution in [3.63, 3.8) is 0 Å². The molecule has 3 aromatic rings. The summed E-state index contributed by atoms with van der Waals surface area (Å²) in [5.41, 5.74) is 2.49. The van der Waals surface area contributed by atoms with E-state index in [0.717, 1.165) is 29.2 Å². The second-order valence-corrected chi connectivity index (χ2v) is 10.4. The average molecular weight is 563 g/mol. The Morgan fingerprint density at radius 3 is 2.73 bits per heavy atom. The molecule has 1 amide bonds. The van der Waals surface area contributed by atoms with Crippen LogP contribution in [0, 0.1) is 23.1 Å². The smallest absolute Gasteiger partial charge is 0.407 e. The van der Waals surface area contributed by atoms with Crippen molar-refractivity contribution in [2.24, 2.45) is 5.92 Å². The van der Waals surface area contributed by atoms with E-state index in [4.69, 9.17) is 4.74 Å². The van der Waals surface area contributed by atoms with E-state index in [-0.39, 0.29) is 42.1 Å². The fraction of sp³-hybridized carbons (Fsp3) is 0.387. The molecule has 0 spiro atoms. The number of hydrogen-bond donors (Lipinski definition) is 3. The minimum Gasteiger partial charge on any atom is -0.447 e. The van der Waals surface area contributed by atoms with Crippen LogP contribution in [0.1, 0.15) is 51.8 Å². The van der Waals surface area contributed by atoms with Crippen LogP contribution >= 0.6 is 0 Å². The summed E-state index contributed by atoms with van der Waals surface area (Å²) in [7, 11) is 0. The first kappa shape index (κ1) is 29.7. The number of halogens is 2. The van der Waals surface area contributed by atoms with Crippen molar-refractivity contribution < 1.29 is 18.3 Å². The molecule has 2 atom stereocenters. The van der Waals surface area contributed by atoms with Gasteiger partial charge >= 0.3 is 6.09 Å². The Morgan fingerprint density at radius 2 is 2.02 bits per heavy atom. The molecule has 1 aliphatic carbocycles. The lowest BCUT2D eigenvalue weighted by atomic mass is 9.88. The number of nitriles is 1. The lowest BCUT2D eigenvalue weighted by Crippen LogP contribution is -2.43. The Bertz CT molecular complexity index is 1500. The number of carbonyl (C=O) groups excluding carboxylic acids is 1. The molecule has 0 fully saturated rings. The number of fused-ring (bicyclic) bond motifs is 1. The summed E-state index contributed by atoms with van der Waals surface area (Å²) in [6.45, 7) is 8.47. The molecule has 2 aromatic heterocycles. The third-order valence-corrected chi connectivity index (χ3v) is 7.03. The Balaban J connectivity index is 1.51. The number of pyridine rings is 1. The van der Waals surface area contributed by atoms with Crippen molar-refractivity contribution in [3.05, 3.63) is 77.2 Å². The first-order chi connectivity index (χ1) is 19.7. The van der Waals surface area contributed by atoms with Gasteiger partial charge in [-0.2, -0.15) is 5.26 Å². The maximum Gasteiger partial charge on any atom is 0.407 e. The van der Waals surface area contributed by atoms with E-state index in [2.05, 4.69) is 32.4 Å². The van der Waals surface area contributed by atoms with Crippen LogP contribution in [-0.2, 0) is 17.8 Å². The Morgan fingerprint density at radius 1 is 1.22 bits per heavy atom. The number of carbonyl (C=O) groups is 1. The number of ether oxygens (including phenoxy) is 1. The maximum atomic E-state index is 15.0. The highest BCUT2D eigenvalue weighted by Crippen LogP contribution is 2.29. The van der Waals surface area contributed by atoms with Gasteiger partial charge in [-0.3, -0.25) is 0 Å². The van der Waals surface area contributed by atoms with E-state index >= 15 is 0 Å². The number of hydrogen-bond acceptors (Lipinski definition) is 6. The highest BCUT2D eigenvalue weighted by atomic mass is 19.1. The van der Waals surface area contributed by atoms with Crippen LogP contribution in [0.4, 0.5) is 25.1 Å². The number of allylic oxidation sites excluding steroid dienone is 3. The van der Waals surface area contributed by atoms with Gasteiger partial charge in [0.25, 0.3) is 0 Å². The van der Waals surface area contributed by atoms with Crippen molar-refractivity contribution in [1.29, 1.82) is 5.26 Å². The third-order valence-electron chi connectivity index (χ3n) is 7.03. The minimum absolute atomic E-state index is 0.0306. The Labute approximate surface area is 239 Å². The lowest BCUT2D eigenvalue weighted by Gasteiger charge is -2.28. The van der Waals surface area contributed by atoms with E-state index in [1.807, 2.05) is 42.6 Å². The van der Waals surface area contributed by atoms with Crippen LogP contribution in [0.5, 0.6) is 0 Å². The molecule has 41 heavy (non-hydrogen) atoms. The Kier molecular flexibility index (Phi) is 9.73. The van der Waals surface area contributed by atoms with Gasteiger partial charge in [-0.25, -0.2) is 18.6 Å². The van der Waals surface area contributed by atoms with Gasteiger partial charge in [-0.15, -0.1) is 0 Å². The van der Waals surface area contributed by atoms with E-state index in [9.17, 15) is 18.8 Å². The molecule has 4 rings (SSSR count). The summed E-state index contributed by atoms with van der Waals surface area (Å²) >= 11 is 0. The second-order valence-electron chi connectivity index (χ2n) is 10.4. The topological polar surface area (TPSA) is 104 Å². The monoisotopic (exact) mass is 562 g/mol. The summed E-state index contributed by atoms with van der Waals surface area (Å²) in [5, 5.41) is 19.8. The number of alkyl carbamates (subject to hydrolysis) is 1. The molecule has 1 aromatic carbocycles. The fourth-order valence-electron chi connectivity index (χ4n) is 4.94. The third kappa shape index (κ3) is 7.30. The number of amides is 1. The molecular weight excluding hydrogens is 526 g/mol. The second kappa shape index (κ2) is 13.4. The van der Waals surface area contributed by atoms with Gasteiger partial charge in [0.15, 0.2) is 0 Å². The largest absolute Gasteiger partial charge is 0.447 e. The number of nitrogens with one attached hydrogen (secondary N) is 3. The van der Waals surface area contributed by atoms with Crippen molar-refractivity contribution in [2.75, 3.05) is 11.9 Å². The van der Waals surface area contributed by atoms with Crippen molar-refractivity contribution in [2.45, 2.75) is 65.8 Å². The first-order valence-electron chi connectivity index (χ1n) is 13.9. The number of rotatable bonds is 11. The first-order valence-corrected chi connectivity index (χ1v) is 13.9. The Hall–Kier alpha value is -4.23. The fourth-order valence-corrected chi connectivity index (χ4v) is 4.94. The summed E-state index contributed by atoms with van der Waals surface area (Å²) in [5.74, 6) is -1.05. The van der Waals surface area contributed by atoms with Crippen LogP contribution in [-0.4, -0.2) is 34.3 Å². The molecule has 0 radical (unpaired) electrons. The molecule has 0 saturated carbocycles. The SMILES string of the molecule is CCn1ccc2cc(Nc3nc(CNC[C@H](C4=C(F)CCC=C4)[C@H](C)NC(=O)OC(C)C)c(F)cc3C#N)ccc21. The quantitative estimate of drug-likeness (QED) is 0.243. The summed E-state index contributed by atoms with van der Waals surface area (Å²) < 4.78 is 37.1. The zero-order valence-corrected chi connectivity index (χ0v) is 23.8. The zero-order chi connectivity index (χ0) is 29.5. The predicted octanol–water partition coefficient (Wildman–Crippen LogP) is 6.61. The van der Waals surface area contributed by atoms with Gasteiger partial charge in [0.05, 0.1) is 17.4 Å². The zero-order valence-electron chi connectivity index (χ0n) is 23.8. The lowest BCUT2D eigenvalue weighted by molar-refractivity contribution is 0.110. The van der Waals surface area contributed by atoms with E-state index in [0.29, 0.717) is 18.4 Å². The van der Waals surface area contributed by atoms with Crippen LogP contribution in [0.15, 0.2) is 60.1 Å². The van der Waals surface area contributed by atoms with E-state index in [1.54, 1.807) is 26.8 Å². The number of nitrogens with zero attached hydrogens (tertiary/aromatic N) is 3. The highest BCUT2D eigenvalue weighted by molar-refractivity contribution is 5.85. The van der Waals surface area contributed by atoms with Crippen molar-refractivity contribution >= 4 is 28.5 Å². The number of anilines is 2. The van der Waals surface area contributed by atoms with Gasteiger partial charge in [0, 0.05) is 60.8 Å². The normalized spacial score (nSPS) is 14.7. The van der Waals surface area contributed by atoms with Gasteiger partial charge in [0.2, 0.25) is 0 Å². The summed E-state index contributed by atoms with van der Waals surface area (Å²) in [4.78, 5) is 16.7. The predicted molar refractivity (Wildman–Crippen MR) is 156 cm³/mol. The molecule has 0 unspecified atom stereocenters. The van der Waals surface area contributed by atoms with Crippen LogP contribution in [0.3, 0.4) is 0 Å². The average Bonchev–Trinajstić information content (AvgIpc) is 3.35. The molecule has 3 N–H and O–H groups in total. The van der Waals surface area contributed by atoms with Crippen LogP contribution < -0.4 is 16.0 Å². The highest BCUT2D eigenvalue weighted by Gasteiger charge is 2.26. The molecule has 216 valence electrons. The molecule has 0 saturated heterocycles. The summed E-state index contributed by atoms with van der Waals surface area (Å²) in [6.07, 6.45) is 5.68. The van der Waals surface area contributed by atoms with Gasteiger partial charge in [-0.1, -0.05) is 12.2 Å². The van der Waals surface area contributed by atoms with E-state index in [1.165, 1.54) is 0 Å². The maximum absolute atomic E-state index is 15.0. The van der Waals surface area contributed by atoms with Gasteiger partial charge in [0.1, 0.15) is 23.5 Å². The van der Waals surface area contributed by atoms with Gasteiger partial charge < -0.3 is 25.3 Å². The standard InChI is InChI=1S/C31H36F2N6O2/c1-5-39-13-12-21-14-23(10-11-29(21)39)37-30-22(16-34)15-27(33)28(38-30)18-35-17-25(24-8-6-7-9-26(24)32)20(4)36-31(40)41-19(2)3/h6,8,10-15,19-20,25,35H,5,7,9,17-18H2,1-4H3,(H,36,40)(H,37,38)/t20-,25-/m0/s1. The molecule has 0 aliphatic heterocycles. The van der Waals surface area contributed by atoms with E-state index < -0.39 is 23.9 Å². The number of aromatic nitrogens is 2.